The van der Waals surface area contributed by atoms with Crippen LogP contribution in [0.1, 0.15) is 58.3 Å². The van der Waals surface area contributed by atoms with E-state index in [1.54, 1.807) is 0 Å². The van der Waals surface area contributed by atoms with Crippen molar-refractivity contribution in [1.29, 1.82) is 0 Å². The van der Waals surface area contributed by atoms with Crippen LogP contribution in [0, 0.1) is 17.8 Å². The first-order valence-electron chi connectivity index (χ1n) is 9.34. The maximum atomic E-state index is 9.32. The van der Waals surface area contributed by atoms with E-state index in [2.05, 4.69) is 17.1 Å². The van der Waals surface area contributed by atoms with Gasteiger partial charge in [-0.05, 0) is 69.7 Å². The van der Waals surface area contributed by atoms with Crippen molar-refractivity contribution in [3.8, 4) is 0 Å². The van der Waals surface area contributed by atoms with Gasteiger partial charge in [-0.15, -0.1) is 0 Å². The number of nitrogens with one attached hydrogen (secondary N) is 1. The third-order valence-electron chi connectivity index (χ3n) is 6.43. The molecular formula is C18H34N2O. The molecule has 1 heterocycles. The predicted octanol–water partition coefficient (Wildman–Crippen LogP) is 2.64. The van der Waals surface area contributed by atoms with Gasteiger partial charge in [-0.2, -0.15) is 0 Å². The summed E-state index contributed by atoms with van der Waals surface area (Å²) in [5.41, 5.74) is 0. The van der Waals surface area contributed by atoms with E-state index in [4.69, 9.17) is 0 Å². The van der Waals surface area contributed by atoms with Crippen molar-refractivity contribution in [2.75, 3.05) is 26.2 Å². The van der Waals surface area contributed by atoms with E-state index in [9.17, 15) is 5.11 Å². The van der Waals surface area contributed by atoms with Crippen molar-refractivity contribution in [2.24, 2.45) is 17.8 Å². The minimum absolute atomic E-state index is 0.353. The number of hydrogen-bond donors (Lipinski definition) is 2. The molecule has 2 aliphatic carbocycles. The fourth-order valence-corrected chi connectivity index (χ4v) is 4.36. The molecule has 21 heavy (non-hydrogen) atoms. The smallest absolute Gasteiger partial charge is 0.0434 e. The van der Waals surface area contributed by atoms with Crippen molar-refractivity contribution >= 4 is 0 Å². The summed E-state index contributed by atoms with van der Waals surface area (Å²) in [6, 6.07) is 1.40. The molecule has 2 saturated carbocycles. The van der Waals surface area contributed by atoms with Gasteiger partial charge in [-0.3, -0.25) is 4.90 Å². The Morgan fingerprint density at radius 2 is 1.86 bits per heavy atom. The van der Waals surface area contributed by atoms with Crippen LogP contribution in [0.4, 0.5) is 0 Å². The summed E-state index contributed by atoms with van der Waals surface area (Å²) in [6.07, 6.45) is 10.9. The fraction of sp³-hybridized carbons (Fsp3) is 1.00. The van der Waals surface area contributed by atoms with Gasteiger partial charge in [0.1, 0.15) is 0 Å². The zero-order valence-electron chi connectivity index (χ0n) is 13.8. The summed E-state index contributed by atoms with van der Waals surface area (Å²) in [4.78, 5) is 2.73. The average Bonchev–Trinajstić information content (AvgIpc) is 2.35. The standard InChI is InChI=1S/C18H34N2O/c1-14(17-6-3-7-17)20-12-16(8-9-21)10-18(13-20)19-11-15-4-2-5-15/h14-19,21H,2-13H2,1H3. The summed E-state index contributed by atoms with van der Waals surface area (Å²) >= 11 is 0. The van der Waals surface area contributed by atoms with Crippen molar-refractivity contribution in [3.63, 3.8) is 0 Å². The SMILES string of the molecule is CC(C1CCC1)N1CC(CCO)CC(NCC2CCC2)C1. The number of rotatable bonds is 7. The van der Waals surface area contributed by atoms with E-state index in [0.717, 1.165) is 24.3 Å². The van der Waals surface area contributed by atoms with Crippen LogP contribution in [0.2, 0.25) is 0 Å². The topological polar surface area (TPSA) is 35.5 Å². The molecule has 1 saturated heterocycles. The number of aliphatic hydroxyl groups is 1. The minimum atomic E-state index is 0.353. The van der Waals surface area contributed by atoms with Gasteiger partial charge in [-0.1, -0.05) is 12.8 Å². The highest BCUT2D eigenvalue weighted by atomic mass is 16.3. The second kappa shape index (κ2) is 7.43. The van der Waals surface area contributed by atoms with Crippen molar-refractivity contribution in [1.82, 2.24) is 10.2 Å². The Balaban J connectivity index is 1.51. The quantitative estimate of drug-likeness (QED) is 0.758. The summed E-state index contributed by atoms with van der Waals surface area (Å²) in [6.45, 7) is 6.45. The Bertz CT molecular complexity index is 314. The van der Waals surface area contributed by atoms with Crippen molar-refractivity contribution in [2.45, 2.75) is 70.4 Å². The first kappa shape index (κ1) is 15.8. The highest BCUT2D eigenvalue weighted by Gasteiger charge is 2.34. The lowest BCUT2D eigenvalue weighted by molar-refractivity contribution is 0.0433. The molecule has 3 atom stereocenters. The lowest BCUT2D eigenvalue weighted by atomic mass is 9.78. The van der Waals surface area contributed by atoms with Crippen LogP contribution >= 0.6 is 0 Å². The monoisotopic (exact) mass is 294 g/mol. The molecular weight excluding hydrogens is 260 g/mol. The van der Waals surface area contributed by atoms with Crippen LogP contribution < -0.4 is 5.32 Å². The van der Waals surface area contributed by atoms with Gasteiger partial charge in [0.2, 0.25) is 0 Å². The Kier molecular flexibility index (Phi) is 5.58. The van der Waals surface area contributed by atoms with Gasteiger partial charge in [-0.25, -0.2) is 0 Å². The Morgan fingerprint density at radius 1 is 1.10 bits per heavy atom. The van der Waals surface area contributed by atoms with Crippen LogP contribution in [-0.2, 0) is 0 Å². The largest absolute Gasteiger partial charge is 0.396 e. The van der Waals surface area contributed by atoms with E-state index in [1.165, 1.54) is 64.6 Å². The molecule has 0 spiro atoms. The van der Waals surface area contributed by atoms with Gasteiger partial charge in [0, 0.05) is 31.8 Å². The second-order valence-corrected chi connectivity index (χ2v) is 7.90. The van der Waals surface area contributed by atoms with Gasteiger partial charge < -0.3 is 10.4 Å². The zero-order chi connectivity index (χ0) is 14.7. The Hall–Kier alpha value is -0.120. The lowest BCUT2D eigenvalue weighted by Crippen LogP contribution is -2.55. The number of likely N-dealkylation sites (tertiary alicyclic amines) is 1. The van der Waals surface area contributed by atoms with Gasteiger partial charge >= 0.3 is 0 Å². The molecule has 0 aromatic carbocycles. The maximum Gasteiger partial charge on any atom is 0.0434 e. The van der Waals surface area contributed by atoms with Gasteiger partial charge in [0.05, 0.1) is 0 Å². The van der Waals surface area contributed by atoms with Crippen molar-refractivity contribution < 1.29 is 5.11 Å². The molecule has 3 unspecified atom stereocenters. The zero-order valence-corrected chi connectivity index (χ0v) is 13.8. The van der Waals surface area contributed by atoms with Crippen LogP contribution in [0.25, 0.3) is 0 Å². The summed E-state index contributed by atoms with van der Waals surface area (Å²) in [7, 11) is 0. The summed E-state index contributed by atoms with van der Waals surface area (Å²) < 4.78 is 0. The molecule has 1 aliphatic heterocycles. The van der Waals surface area contributed by atoms with Crippen LogP contribution in [0.15, 0.2) is 0 Å². The normalized spacial score (nSPS) is 33.4. The predicted molar refractivity (Wildman–Crippen MR) is 87.3 cm³/mol. The first-order chi connectivity index (χ1) is 10.3. The molecule has 3 fully saturated rings. The van der Waals surface area contributed by atoms with Crippen molar-refractivity contribution in [3.05, 3.63) is 0 Å². The van der Waals surface area contributed by atoms with Gasteiger partial charge in [0.15, 0.2) is 0 Å². The minimum Gasteiger partial charge on any atom is -0.396 e. The molecule has 0 amide bonds. The van der Waals surface area contributed by atoms with E-state index < -0.39 is 0 Å². The fourth-order valence-electron chi connectivity index (χ4n) is 4.36. The number of hydrogen-bond acceptors (Lipinski definition) is 3. The van der Waals surface area contributed by atoms with Crippen LogP contribution in [0.3, 0.4) is 0 Å². The molecule has 3 rings (SSSR count). The molecule has 3 heteroatoms. The maximum absolute atomic E-state index is 9.32. The number of aliphatic hydroxyl groups excluding tert-OH is 1. The molecule has 2 N–H and O–H groups in total. The van der Waals surface area contributed by atoms with E-state index in [1.807, 2.05) is 0 Å². The molecule has 3 nitrogen and oxygen atoms in total. The van der Waals surface area contributed by atoms with E-state index in [0.29, 0.717) is 18.6 Å². The van der Waals surface area contributed by atoms with E-state index in [-0.39, 0.29) is 0 Å². The molecule has 3 aliphatic rings. The van der Waals surface area contributed by atoms with Gasteiger partial charge in [0.25, 0.3) is 0 Å². The highest BCUT2D eigenvalue weighted by molar-refractivity contribution is 4.90. The van der Waals surface area contributed by atoms with Crippen LogP contribution in [0.5, 0.6) is 0 Å². The van der Waals surface area contributed by atoms with E-state index >= 15 is 0 Å². The summed E-state index contributed by atoms with van der Waals surface area (Å²) in [5, 5.41) is 13.2. The number of piperidine rings is 1. The molecule has 0 aromatic rings. The highest BCUT2D eigenvalue weighted by Crippen LogP contribution is 2.34. The third kappa shape index (κ3) is 4.00. The first-order valence-corrected chi connectivity index (χ1v) is 9.34. The Labute approximate surface area is 130 Å². The molecule has 0 bridgehead atoms. The average molecular weight is 294 g/mol. The molecule has 0 radical (unpaired) electrons. The Morgan fingerprint density at radius 3 is 2.43 bits per heavy atom. The number of nitrogens with zero attached hydrogens (tertiary/aromatic N) is 1. The van der Waals surface area contributed by atoms with Crippen LogP contribution in [-0.4, -0.2) is 48.3 Å². The third-order valence-corrected chi connectivity index (χ3v) is 6.43. The molecule has 0 aromatic heterocycles. The molecule has 122 valence electrons. The summed E-state index contributed by atoms with van der Waals surface area (Å²) in [5.74, 6) is 2.57. The lowest BCUT2D eigenvalue weighted by Gasteiger charge is -2.46. The second-order valence-electron chi connectivity index (χ2n) is 7.90.